The van der Waals surface area contributed by atoms with E-state index in [1.807, 2.05) is 49.1 Å². The zero-order valence-electron chi connectivity index (χ0n) is 58.7. The van der Waals surface area contributed by atoms with Gasteiger partial charge in [0.05, 0.1) is 33.4 Å². The number of pyridine rings is 4. The van der Waals surface area contributed by atoms with E-state index < -0.39 is 5.41 Å². The molecule has 20 aromatic rings. The highest BCUT2D eigenvalue weighted by molar-refractivity contribution is 6.26. The van der Waals surface area contributed by atoms with Crippen LogP contribution in [0.25, 0.3) is 119 Å². The minimum Gasteiger partial charge on any atom is -0.310 e. The molecule has 0 saturated carbocycles. The number of aromatic nitrogens is 4. The van der Waals surface area contributed by atoms with Gasteiger partial charge in [-0.15, -0.1) is 0 Å². The first kappa shape index (κ1) is 61.6. The van der Waals surface area contributed by atoms with Gasteiger partial charge in [0.1, 0.15) is 0 Å². The van der Waals surface area contributed by atoms with Crippen molar-refractivity contribution in [2.75, 3.05) is 19.6 Å². The molecule has 0 N–H and O–H groups in total. The van der Waals surface area contributed by atoms with Crippen LogP contribution in [0, 0.1) is 0 Å². The summed E-state index contributed by atoms with van der Waals surface area (Å²) < 4.78 is 0. The highest BCUT2D eigenvalue weighted by Crippen LogP contribution is 2.59. The Balaban J connectivity index is 0.905. The molecule has 4 aromatic heterocycles. The van der Waals surface area contributed by atoms with Gasteiger partial charge in [0.15, 0.2) is 0 Å². The number of anilines is 12. The van der Waals surface area contributed by atoms with Crippen molar-refractivity contribution in [3.63, 3.8) is 0 Å². The third-order valence-electron chi connectivity index (χ3n) is 22.1. The second-order valence-corrected chi connectivity index (χ2v) is 28.7. The Hall–Kier alpha value is -14.1. The van der Waals surface area contributed by atoms with Gasteiger partial charge in [-0.3, -0.25) is 19.9 Å². The minimum absolute atomic E-state index is 0.519. The molecule has 0 spiro atoms. The van der Waals surface area contributed by atoms with Crippen molar-refractivity contribution in [3.05, 3.63) is 376 Å². The van der Waals surface area contributed by atoms with Crippen LogP contribution in [0.3, 0.4) is 0 Å². The molecule has 16 aromatic carbocycles. The largest absolute Gasteiger partial charge is 0.310 e. The van der Waals surface area contributed by atoms with E-state index in [2.05, 4.69) is 349 Å². The predicted octanol–water partition coefficient (Wildman–Crippen LogP) is 27.0. The van der Waals surface area contributed by atoms with Crippen LogP contribution < -0.4 is 19.6 Å². The molecule has 8 heteroatoms. The smallest absolute Gasteiger partial charge is 0.0703 e. The van der Waals surface area contributed by atoms with Gasteiger partial charge in [0.2, 0.25) is 0 Å². The van der Waals surface area contributed by atoms with E-state index in [4.69, 9.17) is 19.9 Å². The van der Waals surface area contributed by atoms with E-state index in [0.29, 0.717) is 0 Å². The maximum atomic E-state index is 4.93. The Kier molecular flexibility index (Phi) is 14.1. The standard InChI is InChI=1S/C99H66N8/c1-99(2)91-60-84(105(76-32-28-64-16-4-8-20-68(64)52-76)78-38-44-94-72(56-78)24-12-48-101-94)35-41-85(91)87-61-89-90(62-92(87)99)97(106(79-33-29-65-17-5-9-21-69(65)53-79)81-39-45-95-73(57-81)25-13-49-102-95)86-42-36-83(104(75-31-27-63-15-3-7-19-67(63)51-75)77-37-43-93-71(55-77)23-11-47-100-93)59-88(86)98(89)107(80-34-30-66-18-6-10-22-70(66)54-80)82-40-46-96-74(58-82)26-14-50-103-96/h3-62H,1-2H3. The van der Waals surface area contributed by atoms with Gasteiger partial charge in [-0.1, -0.05) is 172 Å². The summed E-state index contributed by atoms with van der Waals surface area (Å²) in [4.78, 5) is 29.4. The molecular formula is C99H66N8. The zero-order chi connectivity index (χ0) is 70.8. The Morgan fingerprint density at radius 3 is 0.860 bits per heavy atom. The first-order valence-electron chi connectivity index (χ1n) is 36.5. The Bertz CT molecular complexity index is 6750. The number of benzene rings is 16. The van der Waals surface area contributed by atoms with Gasteiger partial charge in [-0.25, -0.2) is 0 Å². The molecule has 21 rings (SSSR count). The fraction of sp³-hybridized carbons (Fsp3) is 0.0303. The number of fused-ring (bicyclic) bond motifs is 13. The van der Waals surface area contributed by atoms with Crippen molar-refractivity contribution >= 4 is 176 Å². The van der Waals surface area contributed by atoms with E-state index >= 15 is 0 Å². The van der Waals surface area contributed by atoms with E-state index in [1.54, 1.807) is 0 Å². The van der Waals surface area contributed by atoms with Crippen LogP contribution >= 0.6 is 0 Å². The molecule has 0 radical (unpaired) electrons. The van der Waals surface area contributed by atoms with Crippen molar-refractivity contribution in [3.8, 4) is 11.1 Å². The van der Waals surface area contributed by atoms with E-state index in [0.717, 1.165) is 160 Å². The van der Waals surface area contributed by atoms with E-state index in [9.17, 15) is 0 Å². The number of hydrogen-bond donors (Lipinski definition) is 0. The van der Waals surface area contributed by atoms with Gasteiger partial charge in [-0.05, 0) is 247 Å². The van der Waals surface area contributed by atoms with Crippen molar-refractivity contribution in [2.24, 2.45) is 0 Å². The lowest BCUT2D eigenvalue weighted by Crippen LogP contribution is -2.18. The van der Waals surface area contributed by atoms with Crippen LogP contribution in [0.4, 0.5) is 68.2 Å². The van der Waals surface area contributed by atoms with Crippen LogP contribution in [0.15, 0.2) is 365 Å². The van der Waals surface area contributed by atoms with Crippen molar-refractivity contribution in [1.29, 1.82) is 0 Å². The van der Waals surface area contributed by atoms with E-state index in [1.165, 1.54) is 38.4 Å². The maximum Gasteiger partial charge on any atom is 0.0703 e. The second-order valence-electron chi connectivity index (χ2n) is 28.7. The Morgan fingerprint density at radius 2 is 0.467 bits per heavy atom. The topological polar surface area (TPSA) is 64.5 Å². The Labute approximate surface area is 618 Å². The van der Waals surface area contributed by atoms with Gasteiger partial charge < -0.3 is 19.6 Å². The van der Waals surface area contributed by atoms with Gasteiger partial charge in [0, 0.05) is 130 Å². The molecule has 107 heavy (non-hydrogen) atoms. The highest BCUT2D eigenvalue weighted by atomic mass is 15.2. The SMILES string of the molecule is CC1(C)c2cc(N(c3ccc4ccccc4c3)c3ccc4ncccc4c3)ccc2-c2cc3c(N(c4ccc5ccccc5c4)c4ccc5ncccc5c4)c4cc(N(c5ccc6ccccc6c5)c5ccc6ncccc6c5)ccc4c(N(c4ccc5ccccc5c4)c4ccc5ncccc5c4)c3cc21. The molecule has 502 valence electrons. The fourth-order valence-electron chi connectivity index (χ4n) is 16.9. The first-order chi connectivity index (χ1) is 52.7. The van der Waals surface area contributed by atoms with Gasteiger partial charge in [-0.2, -0.15) is 0 Å². The van der Waals surface area contributed by atoms with Crippen LogP contribution in [0.5, 0.6) is 0 Å². The van der Waals surface area contributed by atoms with Gasteiger partial charge in [0.25, 0.3) is 0 Å². The third kappa shape index (κ3) is 10.4. The lowest BCUT2D eigenvalue weighted by atomic mass is 9.81. The lowest BCUT2D eigenvalue weighted by molar-refractivity contribution is 0.661. The monoisotopic (exact) mass is 1370 g/mol. The molecule has 0 saturated heterocycles. The quantitative estimate of drug-likeness (QED) is 0.0886. The molecule has 0 unspecified atom stereocenters. The number of rotatable bonds is 12. The molecule has 0 bridgehead atoms. The summed E-state index contributed by atoms with van der Waals surface area (Å²) >= 11 is 0. The Morgan fingerprint density at radius 1 is 0.196 bits per heavy atom. The summed E-state index contributed by atoms with van der Waals surface area (Å²) in [6.45, 7) is 4.85. The molecule has 8 nitrogen and oxygen atoms in total. The summed E-state index contributed by atoms with van der Waals surface area (Å²) in [6, 6.07) is 125. The molecule has 1 aliphatic carbocycles. The average molecular weight is 1370 g/mol. The molecule has 1 aliphatic rings. The van der Waals surface area contributed by atoms with Crippen LogP contribution in [-0.2, 0) is 5.41 Å². The molecule has 0 atom stereocenters. The number of nitrogens with zero attached hydrogens (tertiary/aromatic N) is 8. The molecule has 0 fully saturated rings. The molecule has 0 amide bonds. The fourth-order valence-corrected chi connectivity index (χ4v) is 16.9. The van der Waals surface area contributed by atoms with Crippen molar-refractivity contribution in [2.45, 2.75) is 19.3 Å². The predicted molar refractivity (Wildman–Crippen MR) is 449 cm³/mol. The second kappa shape index (κ2) is 24.6. The normalized spacial score (nSPS) is 12.5. The molecule has 0 aliphatic heterocycles. The molecular weight excluding hydrogens is 1300 g/mol. The third-order valence-corrected chi connectivity index (χ3v) is 22.1. The lowest BCUT2D eigenvalue weighted by Gasteiger charge is -2.34. The summed E-state index contributed by atoms with van der Waals surface area (Å²) in [5.74, 6) is 0. The summed E-state index contributed by atoms with van der Waals surface area (Å²) in [6.07, 6.45) is 7.51. The van der Waals surface area contributed by atoms with E-state index in [-0.39, 0.29) is 0 Å². The zero-order valence-corrected chi connectivity index (χ0v) is 58.7. The van der Waals surface area contributed by atoms with Crippen molar-refractivity contribution in [1.82, 2.24) is 19.9 Å². The summed E-state index contributed by atoms with van der Waals surface area (Å²) in [5.41, 5.74) is 20.3. The number of hydrogen-bond acceptors (Lipinski definition) is 8. The average Bonchev–Trinajstić information content (AvgIpc) is 1.61. The molecule has 4 heterocycles. The maximum absolute atomic E-state index is 4.93. The minimum atomic E-state index is -0.519. The van der Waals surface area contributed by atoms with Gasteiger partial charge >= 0.3 is 0 Å². The summed E-state index contributed by atoms with van der Waals surface area (Å²) in [5, 5.41) is 17.7. The highest BCUT2D eigenvalue weighted by Gasteiger charge is 2.39. The van der Waals surface area contributed by atoms with Crippen LogP contribution in [-0.4, -0.2) is 19.9 Å². The van der Waals surface area contributed by atoms with Crippen molar-refractivity contribution < 1.29 is 0 Å². The first-order valence-corrected chi connectivity index (χ1v) is 36.5. The van der Waals surface area contributed by atoms with Crippen LogP contribution in [0.2, 0.25) is 0 Å². The van der Waals surface area contributed by atoms with Crippen LogP contribution in [0.1, 0.15) is 25.0 Å². The summed E-state index contributed by atoms with van der Waals surface area (Å²) in [7, 11) is 0.